The zero-order valence-electron chi connectivity index (χ0n) is 17.9. The predicted molar refractivity (Wildman–Crippen MR) is 112 cm³/mol. The molecule has 33 heavy (non-hydrogen) atoms. The number of nitrogens with zero attached hydrogens (tertiary/aromatic N) is 1. The van der Waals surface area contributed by atoms with Crippen molar-refractivity contribution in [3.05, 3.63) is 53.1 Å². The van der Waals surface area contributed by atoms with Gasteiger partial charge in [-0.1, -0.05) is 0 Å². The van der Waals surface area contributed by atoms with Gasteiger partial charge in [0.1, 0.15) is 17.3 Å². The van der Waals surface area contributed by atoms with Gasteiger partial charge >= 0.3 is 6.18 Å². The van der Waals surface area contributed by atoms with E-state index in [2.05, 4.69) is 5.32 Å². The minimum absolute atomic E-state index is 0.0228. The molecule has 0 unspecified atom stereocenters. The molecule has 0 aliphatic carbocycles. The third-order valence-electron chi connectivity index (χ3n) is 4.78. The van der Waals surface area contributed by atoms with Crippen LogP contribution in [-0.4, -0.2) is 50.9 Å². The number of fused-ring (bicyclic) bond motifs is 1. The highest BCUT2D eigenvalue weighted by Crippen LogP contribution is 2.36. The van der Waals surface area contributed by atoms with Gasteiger partial charge in [0, 0.05) is 18.7 Å². The van der Waals surface area contributed by atoms with Gasteiger partial charge in [-0.3, -0.25) is 9.59 Å². The number of rotatable bonds is 7. The van der Waals surface area contributed by atoms with Gasteiger partial charge in [0.05, 0.1) is 23.4 Å². The first-order valence-corrected chi connectivity index (χ1v) is 11.2. The predicted octanol–water partition coefficient (Wildman–Crippen LogP) is 3.54. The molecule has 0 spiro atoms. The van der Waals surface area contributed by atoms with Crippen molar-refractivity contribution in [2.75, 3.05) is 25.6 Å². The van der Waals surface area contributed by atoms with Crippen LogP contribution in [0.25, 0.3) is 0 Å². The molecule has 0 saturated carbocycles. The number of amides is 2. The highest BCUT2D eigenvalue weighted by molar-refractivity contribution is 7.90. The first kappa shape index (κ1) is 24.5. The first-order valence-electron chi connectivity index (χ1n) is 9.75. The molecule has 178 valence electrons. The molecule has 2 aromatic carbocycles. The van der Waals surface area contributed by atoms with Crippen LogP contribution in [0.5, 0.6) is 5.75 Å². The summed E-state index contributed by atoms with van der Waals surface area (Å²) in [4.78, 5) is 24.9. The van der Waals surface area contributed by atoms with E-state index < -0.39 is 39.6 Å². The second-order valence-corrected chi connectivity index (χ2v) is 9.20. The second kappa shape index (κ2) is 9.02. The second-order valence-electron chi connectivity index (χ2n) is 7.41. The van der Waals surface area contributed by atoms with Gasteiger partial charge in [-0.25, -0.2) is 12.7 Å². The van der Waals surface area contributed by atoms with Crippen molar-refractivity contribution in [1.29, 1.82) is 0 Å². The molecule has 0 aromatic heterocycles. The summed E-state index contributed by atoms with van der Waals surface area (Å²) in [6.45, 7) is 3.26. The Morgan fingerprint density at radius 3 is 2.42 bits per heavy atom. The van der Waals surface area contributed by atoms with Gasteiger partial charge in [0.15, 0.2) is 0 Å². The number of nitrogens with one attached hydrogen (secondary N) is 1. The fourth-order valence-electron chi connectivity index (χ4n) is 3.26. The van der Waals surface area contributed by atoms with Crippen molar-refractivity contribution >= 4 is 27.5 Å². The van der Waals surface area contributed by atoms with Crippen molar-refractivity contribution in [3.63, 3.8) is 0 Å². The van der Waals surface area contributed by atoms with Crippen LogP contribution in [-0.2, 0) is 20.9 Å². The van der Waals surface area contributed by atoms with Gasteiger partial charge < -0.3 is 14.8 Å². The molecule has 1 aliphatic rings. The summed E-state index contributed by atoms with van der Waals surface area (Å²) in [6.07, 6.45) is -4.66. The Morgan fingerprint density at radius 2 is 1.82 bits per heavy atom. The number of sulfonamides is 1. The lowest BCUT2D eigenvalue weighted by Crippen LogP contribution is -2.36. The van der Waals surface area contributed by atoms with Crippen molar-refractivity contribution in [2.24, 2.45) is 0 Å². The number of halogens is 3. The zero-order chi connectivity index (χ0) is 24.6. The van der Waals surface area contributed by atoms with Gasteiger partial charge in [0.2, 0.25) is 0 Å². The Bertz CT molecular complexity index is 1190. The molecule has 0 bridgehead atoms. The lowest BCUT2D eigenvalue weighted by atomic mass is 10.1. The maximum Gasteiger partial charge on any atom is 0.416 e. The van der Waals surface area contributed by atoms with E-state index in [0.717, 1.165) is 18.2 Å². The third kappa shape index (κ3) is 4.81. The Hall–Kier alpha value is -3.12. The summed E-state index contributed by atoms with van der Waals surface area (Å²) in [5, 5.41) is 2.33. The minimum Gasteiger partial charge on any atom is -0.489 e. The number of anilines is 1. The van der Waals surface area contributed by atoms with Crippen LogP contribution in [0, 0.1) is 0 Å². The fourth-order valence-corrected chi connectivity index (χ4v) is 5.05. The highest BCUT2D eigenvalue weighted by Gasteiger charge is 2.43. The number of methoxy groups -OCH3 is 1. The smallest absolute Gasteiger partial charge is 0.416 e. The van der Waals surface area contributed by atoms with E-state index in [4.69, 9.17) is 9.47 Å². The van der Waals surface area contributed by atoms with E-state index in [1.54, 1.807) is 0 Å². The minimum atomic E-state index is -4.66. The molecule has 8 nitrogen and oxygen atoms in total. The van der Waals surface area contributed by atoms with Crippen molar-refractivity contribution in [2.45, 2.75) is 31.0 Å². The molecular weight excluding hydrogens is 465 g/mol. The highest BCUT2D eigenvalue weighted by atomic mass is 32.2. The standard InChI is InChI=1S/C21H21F3N2O6S/c1-12(2)26-20(28)15-6-4-13(10-18(15)33(26,29)30)19(27)25-16-11-14(21(22,23)24)5-7-17(16)32-9-8-31-3/h4-7,10-12H,8-9H2,1-3H3,(H,25,27). The van der Waals surface area contributed by atoms with Crippen LogP contribution in [0.1, 0.15) is 40.1 Å². The maximum atomic E-state index is 13.2. The maximum absolute atomic E-state index is 13.2. The number of hydrogen-bond donors (Lipinski definition) is 1. The van der Waals surface area contributed by atoms with E-state index >= 15 is 0 Å². The van der Waals surface area contributed by atoms with Gasteiger partial charge in [0.25, 0.3) is 21.8 Å². The first-order chi connectivity index (χ1) is 15.4. The SMILES string of the molecule is COCCOc1ccc(C(F)(F)F)cc1NC(=O)c1ccc2c(c1)S(=O)(=O)N(C(C)C)C2=O. The molecule has 1 N–H and O–H groups in total. The molecule has 12 heteroatoms. The molecule has 3 rings (SSSR count). The monoisotopic (exact) mass is 486 g/mol. The Morgan fingerprint density at radius 1 is 1.12 bits per heavy atom. The van der Waals surface area contributed by atoms with Crippen molar-refractivity contribution in [3.8, 4) is 5.75 Å². The lowest BCUT2D eigenvalue weighted by molar-refractivity contribution is -0.137. The summed E-state index contributed by atoms with van der Waals surface area (Å²) < 4.78 is 75.9. The average Bonchev–Trinajstić information content (AvgIpc) is 2.93. The molecule has 0 fully saturated rings. The number of ether oxygens (including phenoxy) is 2. The normalized spacial score (nSPS) is 15.0. The number of alkyl halides is 3. The summed E-state index contributed by atoms with van der Waals surface area (Å²) in [7, 11) is -2.73. The Balaban J connectivity index is 1.95. The molecule has 1 aliphatic heterocycles. The third-order valence-corrected chi connectivity index (χ3v) is 6.78. The molecular formula is C21H21F3N2O6S. The molecule has 2 aromatic rings. The summed E-state index contributed by atoms with van der Waals surface area (Å²) >= 11 is 0. The molecule has 2 amide bonds. The van der Waals surface area contributed by atoms with Crippen LogP contribution < -0.4 is 10.1 Å². The van der Waals surface area contributed by atoms with Gasteiger partial charge in [-0.05, 0) is 50.2 Å². The van der Waals surface area contributed by atoms with Gasteiger partial charge in [-0.2, -0.15) is 13.2 Å². The molecule has 0 saturated heterocycles. The van der Waals surface area contributed by atoms with Crippen LogP contribution in [0.15, 0.2) is 41.3 Å². The lowest BCUT2D eigenvalue weighted by Gasteiger charge is -2.18. The largest absolute Gasteiger partial charge is 0.489 e. The van der Waals surface area contributed by atoms with Crippen LogP contribution in [0.3, 0.4) is 0 Å². The van der Waals surface area contributed by atoms with Crippen molar-refractivity contribution < 1.29 is 40.7 Å². The van der Waals surface area contributed by atoms with Crippen LogP contribution >= 0.6 is 0 Å². The molecule has 0 radical (unpaired) electrons. The number of hydrogen-bond acceptors (Lipinski definition) is 6. The van der Waals surface area contributed by atoms with E-state index in [0.29, 0.717) is 10.4 Å². The van der Waals surface area contributed by atoms with Gasteiger partial charge in [-0.15, -0.1) is 0 Å². The number of carbonyl (C=O) groups excluding carboxylic acids is 2. The quantitative estimate of drug-likeness (QED) is 0.601. The van der Waals surface area contributed by atoms with E-state index in [9.17, 15) is 31.2 Å². The molecule has 1 heterocycles. The van der Waals surface area contributed by atoms with Crippen LogP contribution in [0.2, 0.25) is 0 Å². The van der Waals surface area contributed by atoms with E-state index in [1.165, 1.54) is 33.1 Å². The topological polar surface area (TPSA) is 102 Å². The summed E-state index contributed by atoms with van der Waals surface area (Å²) in [6, 6.07) is 5.42. The number of carbonyl (C=O) groups is 2. The van der Waals surface area contributed by atoms with E-state index in [-0.39, 0.29) is 40.7 Å². The fraction of sp³-hybridized carbons (Fsp3) is 0.333. The number of benzene rings is 2. The van der Waals surface area contributed by atoms with Crippen LogP contribution in [0.4, 0.5) is 18.9 Å². The zero-order valence-corrected chi connectivity index (χ0v) is 18.7. The van der Waals surface area contributed by atoms with Crippen molar-refractivity contribution in [1.82, 2.24) is 4.31 Å². The average molecular weight is 486 g/mol. The summed E-state index contributed by atoms with van der Waals surface area (Å²) in [5.41, 5.74) is -1.50. The molecule has 0 atom stereocenters. The Labute approximate surface area is 188 Å². The summed E-state index contributed by atoms with van der Waals surface area (Å²) in [5.74, 6) is -1.61. The Kier molecular flexibility index (Phi) is 6.70. The van der Waals surface area contributed by atoms with E-state index in [1.807, 2.05) is 0 Å².